The fourth-order valence-electron chi connectivity index (χ4n) is 3.19. The van der Waals surface area contributed by atoms with Crippen molar-refractivity contribution < 1.29 is 9.84 Å². The summed E-state index contributed by atoms with van der Waals surface area (Å²) in [6, 6.07) is 24.6. The Bertz CT molecular complexity index is 1110. The van der Waals surface area contributed by atoms with Crippen molar-refractivity contribution in [1.82, 2.24) is 19.9 Å². The van der Waals surface area contributed by atoms with Gasteiger partial charge in [-0.2, -0.15) is 0 Å². The Balaban J connectivity index is 1.75. The monoisotopic (exact) mass is 426 g/mol. The van der Waals surface area contributed by atoms with Crippen LogP contribution in [0.5, 0.6) is 11.5 Å². The molecule has 1 N–H and O–H groups in total. The average molecular weight is 427 g/mol. The average Bonchev–Trinajstić information content (AvgIpc) is 2.85. The molecule has 0 fully saturated rings. The van der Waals surface area contributed by atoms with E-state index in [9.17, 15) is 5.11 Å². The molecule has 0 unspecified atom stereocenters. The molecule has 4 rings (SSSR count). The fourth-order valence-corrected chi connectivity index (χ4v) is 3.19. The van der Waals surface area contributed by atoms with E-state index in [4.69, 9.17) is 4.74 Å². The molecule has 4 aromatic rings. The summed E-state index contributed by atoms with van der Waals surface area (Å²) in [5.41, 5.74) is 2.26. The lowest BCUT2D eigenvalue weighted by Crippen LogP contribution is -2.23. The number of hydrogen-bond donors (Lipinski definition) is 1. The zero-order valence-electron chi connectivity index (χ0n) is 18.3. The van der Waals surface area contributed by atoms with Gasteiger partial charge in [-0.25, -0.2) is 15.0 Å². The normalized spacial score (nSPS) is 11.0. The Labute approximate surface area is 188 Å². The predicted molar refractivity (Wildman–Crippen MR) is 126 cm³/mol. The van der Waals surface area contributed by atoms with Crippen LogP contribution in [0.25, 0.3) is 34.2 Å². The van der Waals surface area contributed by atoms with E-state index in [1.165, 1.54) is 0 Å². The van der Waals surface area contributed by atoms with Crippen LogP contribution in [0, 0.1) is 0 Å². The van der Waals surface area contributed by atoms with Gasteiger partial charge in [-0.3, -0.25) is 0 Å². The highest BCUT2D eigenvalue weighted by Crippen LogP contribution is 2.32. The zero-order chi connectivity index (χ0) is 22.3. The topological polar surface area (TPSA) is 71.4 Å². The highest BCUT2D eigenvalue weighted by atomic mass is 16.5. The number of nitrogens with zero attached hydrogens (tertiary/aromatic N) is 4. The first-order valence-electron chi connectivity index (χ1n) is 10.7. The third kappa shape index (κ3) is 5.10. The molecule has 0 amide bonds. The maximum absolute atomic E-state index is 10.6. The highest BCUT2D eigenvalue weighted by molar-refractivity contribution is 5.70. The third-order valence-electron chi connectivity index (χ3n) is 5.19. The van der Waals surface area contributed by atoms with Crippen molar-refractivity contribution in [2.75, 3.05) is 26.7 Å². The molecule has 0 atom stereocenters. The zero-order valence-corrected chi connectivity index (χ0v) is 18.3. The van der Waals surface area contributed by atoms with E-state index in [1.54, 1.807) is 18.2 Å². The lowest BCUT2D eigenvalue weighted by atomic mass is 10.1. The molecule has 0 saturated heterocycles. The summed E-state index contributed by atoms with van der Waals surface area (Å²) in [6.45, 7) is 4.43. The van der Waals surface area contributed by atoms with Crippen molar-refractivity contribution >= 4 is 0 Å². The number of ether oxygens (including phenoxy) is 1. The fraction of sp³-hybridized carbons (Fsp3) is 0.192. The van der Waals surface area contributed by atoms with E-state index in [2.05, 4.69) is 26.8 Å². The smallest absolute Gasteiger partial charge is 0.167 e. The van der Waals surface area contributed by atoms with Crippen molar-refractivity contribution in [3.8, 4) is 45.7 Å². The minimum atomic E-state index is 0.0900. The molecule has 6 heteroatoms. The molecule has 0 aliphatic rings. The summed E-state index contributed by atoms with van der Waals surface area (Å²) < 4.78 is 5.90. The Morgan fingerprint density at radius 3 is 1.91 bits per heavy atom. The molecule has 1 heterocycles. The first-order valence-corrected chi connectivity index (χ1v) is 10.7. The molecule has 3 aromatic carbocycles. The molecular formula is C26H26N4O2. The van der Waals surface area contributed by atoms with Gasteiger partial charge in [0.1, 0.15) is 18.1 Å². The first kappa shape index (κ1) is 21.5. The number of likely N-dealkylation sites (N-methyl/N-ethyl adjacent to an activating group) is 1. The SMILES string of the molecule is CCN(C)CCOc1ccc(O)c(-c2nc(-c3ccccc3)nc(-c3ccccc3)n2)c1. The lowest BCUT2D eigenvalue weighted by molar-refractivity contribution is 0.243. The summed E-state index contributed by atoms with van der Waals surface area (Å²) in [5.74, 6) is 2.23. The molecule has 0 saturated carbocycles. The summed E-state index contributed by atoms with van der Waals surface area (Å²) in [6.07, 6.45) is 0. The van der Waals surface area contributed by atoms with Crippen LogP contribution in [0.1, 0.15) is 6.92 Å². The minimum absolute atomic E-state index is 0.0900. The van der Waals surface area contributed by atoms with Crippen molar-refractivity contribution in [2.45, 2.75) is 6.92 Å². The van der Waals surface area contributed by atoms with E-state index in [-0.39, 0.29) is 5.75 Å². The highest BCUT2D eigenvalue weighted by Gasteiger charge is 2.15. The van der Waals surface area contributed by atoms with E-state index in [0.717, 1.165) is 24.2 Å². The van der Waals surface area contributed by atoms with Crippen LogP contribution in [0.3, 0.4) is 0 Å². The Morgan fingerprint density at radius 2 is 1.34 bits per heavy atom. The number of aromatic nitrogens is 3. The summed E-state index contributed by atoms with van der Waals surface area (Å²) in [4.78, 5) is 16.2. The van der Waals surface area contributed by atoms with Crippen molar-refractivity contribution in [1.29, 1.82) is 0 Å². The number of aromatic hydroxyl groups is 1. The minimum Gasteiger partial charge on any atom is -0.507 e. The van der Waals surface area contributed by atoms with Crippen LogP contribution in [0.4, 0.5) is 0 Å². The number of rotatable bonds is 8. The molecule has 1 aromatic heterocycles. The quantitative estimate of drug-likeness (QED) is 0.432. The largest absolute Gasteiger partial charge is 0.507 e. The number of phenolic OH excluding ortho intramolecular Hbond substituents is 1. The molecule has 0 aliphatic heterocycles. The van der Waals surface area contributed by atoms with Crippen LogP contribution < -0.4 is 4.74 Å². The van der Waals surface area contributed by atoms with Crippen LogP contribution in [-0.2, 0) is 0 Å². The van der Waals surface area contributed by atoms with Crippen LogP contribution in [0.15, 0.2) is 78.9 Å². The molecule has 0 aliphatic carbocycles. The van der Waals surface area contributed by atoms with Crippen LogP contribution in [-0.4, -0.2) is 51.7 Å². The maximum Gasteiger partial charge on any atom is 0.167 e. The van der Waals surface area contributed by atoms with Gasteiger partial charge in [-0.05, 0) is 31.8 Å². The van der Waals surface area contributed by atoms with Crippen molar-refractivity contribution in [2.24, 2.45) is 0 Å². The van der Waals surface area contributed by atoms with Gasteiger partial charge in [0.05, 0.1) is 5.56 Å². The summed E-state index contributed by atoms with van der Waals surface area (Å²) >= 11 is 0. The molecular weight excluding hydrogens is 400 g/mol. The van der Waals surface area contributed by atoms with Gasteiger partial charge < -0.3 is 14.7 Å². The lowest BCUT2D eigenvalue weighted by Gasteiger charge is -2.15. The van der Waals surface area contributed by atoms with Gasteiger partial charge >= 0.3 is 0 Å². The number of phenols is 1. The summed E-state index contributed by atoms with van der Waals surface area (Å²) in [7, 11) is 2.05. The maximum atomic E-state index is 10.6. The van der Waals surface area contributed by atoms with Gasteiger partial charge in [0.25, 0.3) is 0 Å². The molecule has 162 valence electrons. The number of benzene rings is 3. The Morgan fingerprint density at radius 1 is 0.781 bits per heavy atom. The van der Waals surface area contributed by atoms with Crippen LogP contribution in [0.2, 0.25) is 0 Å². The molecule has 0 bridgehead atoms. The van der Waals surface area contributed by atoms with Gasteiger partial charge in [0.2, 0.25) is 0 Å². The second-order valence-corrected chi connectivity index (χ2v) is 7.46. The van der Waals surface area contributed by atoms with E-state index >= 15 is 0 Å². The molecule has 0 spiro atoms. The number of hydrogen-bond acceptors (Lipinski definition) is 6. The van der Waals surface area contributed by atoms with Gasteiger partial charge in [0, 0.05) is 17.7 Å². The second-order valence-electron chi connectivity index (χ2n) is 7.46. The van der Waals surface area contributed by atoms with Gasteiger partial charge in [-0.15, -0.1) is 0 Å². The van der Waals surface area contributed by atoms with Gasteiger partial charge in [0.15, 0.2) is 17.5 Å². The Kier molecular flexibility index (Phi) is 6.72. The first-order chi connectivity index (χ1) is 15.6. The summed E-state index contributed by atoms with van der Waals surface area (Å²) in [5, 5.41) is 10.6. The molecule has 0 radical (unpaired) electrons. The third-order valence-corrected chi connectivity index (χ3v) is 5.19. The van der Waals surface area contributed by atoms with E-state index < -0.39 is 0 Å². The molecule has 32 heavy (non-hydrogen) atoms. The van der Waals surface area contributed by atoms with Crippen molar-refractivity contribution in [3.63, 3.8) is 0 Å². The van der Waals surface area contributed by atoms with Crippen molar-refractivity contribution in [3.05, 3.63) is 78.9 Å². The van der Waals surface area contributed by atoms with Gasteiger partial charge in [-0.1, -0.05) is 67.6 Å². The standard InChI is InChI=1S/C26H26N4O2/c1-3-30(2)16-17-32-21-14-15-23(31)22(18-21)26-28-24(19-10-6-4-7-11-19)27-25(29-26)20-12-8-5-9-13-20/h4-15,18,31H,3,16-17H2,1-2H3. The second kappa shape index (κ2) is 10.0. The molecule has 6 nitrogen and oxygen atoms in total. The van der Waals surface area contributed by atoms with E-state index in [1.807, 2.05) is 67.7 Å². The Hall–Kier alpha value is -3.77. The predicted octanol–water partition coefficient (Wildman–Crippen LogP) is 4.91. The van der Waals surface area contributed by atoms with E-state index in [0.29, 0.717) is 35.4 Å². The van der Waals surface area contributed by atoms with Crippen LogP contribution >= 0.6 is 0 Å².